The van der Waals surface area contributed by atoms with Gasteiger partial charge in [0, 0.05) is 99.7 Å². The zero-order chi connectivity index (χ0) is 75.2. The molecule has 114 heavy (non-hydrogen) atoms. The molecular weight excluding hydrogens is 1390 g/mol. The molecule has 0 bridgehead atoms. The maximum absolute atomic E-state index is 6.41. The summed E-state index contributed by atoms with van der Waals surface area (Å²) in [6.45, 7) is 0. The molecule has 0 aliphatic carbocycles. The highest BCUT2D eigenvalue weighted by atomic mass is 16.3. The molecule has 534 valence electrons. The summed E-state index contributed by atoms with van der Waals surface area (Å²) in [5.41, 5.74) is 33.1. The number of furan rings is 2. The highest BCUT2D eigenvalue weighted by molar-refractivity contribution is 6.14. The molecule has 0 saturated heterocycles. The van der Waals surface area contributed by atoms with Crippen molar-refractivity contribution in [2.45, 2.75) is 0 Å². The second-order valence-electron chi connectivity index (χ2n) is 29.5. The first-order chi connectivity index (χ1) is 56.5. The fourth-order valence-corrected chi connectivity index (χ4v) is 17.4. The van der Waals surface area contributed by atoms with Crippen LogP contribution in [0.3, 0.4) is 0 Å². The average molecular weight is 1460 g/mol. The van der Waals surface area contributed by atoms with Gasteiger partial charge in [0.2, 0.25) is 0 Å². The highest BCUT2D eigenvalue weighted by Crippen LogP contribution is 2.45. The van der Waals surface area contributed by atoms with Crippen molar-refractivity contribution in [3.63, 3.8) is 0 Å². The topological polar surface area (TPSA) is 42.6 Å². The van der Waals surface area contributed by atoms with E-state index in [1.165, 1.54) is 65.9 Å². The molecule has 6 heteroatoms. The third kappa shape index (κ3) is 11.4. The minimum Gasteiger partial charge on any atom is -0.455 e. The first-order valence-electron chi connectivity index (χ1n) is 38.9. The van der Waals surface area contributed by atoms with Gasteiger partial charge in [0.15, 0.2) is 0 Å². The van der Waals surface area contributed by atoms with E-state index in [1.807, 2.05) is 24.3 Å². The van der Waals surface area contributed by atoms with Crippen LogP contribution in [0.1, 0.15) is 0 Å². The summed E-state index contributed by atoms with van der Waals surface area (Å²) in [5.74, 6) is 0. The zero-order valence-electron chi connectivity index (χ0n) is 62.0. The van der Waals surface area contributed by atoms with E-state index >= 15 is 0 Å². The van der Waals surface area contributed by atoms with Gasteiger partial charge in [-0.1, -0.05) is 279 Å². The number of nitrogens with zero attached hydrogens (tertiary/aromatic N) is 4. The fraction of sp³-hybridized carbons (Fsp3) is 0. The van der Waals surface area contributed by atoms with Gasteiger partial charge in [-0.25, -0.2) is 0 Å². The first-order valence-corrected chi connectivity index (χ1v) is 38.9. The Kier molecular flexibility index (Phi) is 15.8. The van der Waals surface area contributed by atoms with Crippen molar-refractivity contribution in [3.05, 3.63) is 425 Å². The molecule has 18 aromatic carbocycles. The average Bonchev–Trinajstić information content (AvgIpc) is 1.86. The minimum absolute atomic E-state index is 0.908. The predicted molar refractivity (Wildman–Crippen MR) is 477 cm³/mol. The molecule has 4 aromatic heterocycles. The van der Waals surface area contributed by atoms with Crippen LogP contribution in [-0.2, 0) is 0 Å². The van der Waals surface area contributed by atoms with Crippen LogP contribution in [0.15, 0.2) is 433 Å². The summed E-state index contributed by atoms with van der Waals surface area (Å²) in [6.07, 6.45) is 0. The van der Waals surface area contributed by atoms with Crippen LogP contribution in [0.25, 0.3) is 177 Å². The van der Waals surface area contributed by atoms with Crippen LogP contribution in [0.5, 0.6) is 0 Å². The minimum atomic E-state index is 0.908. The summed E-state index contributed by atoms with van der Waals surface area (Å²) < 4.78 is 17.6. The lowest BCUT2D eigenvalue weighted by Gasteiger charge is -2.26. The van der Waals surface area contributed by atoms with Crippen LogP contribution in [0, 0.1) is 0 Å². The maximum atomic E-state index is 6.41. The Labute approximate surface area is 659 Å². The number of para-hydroxylation sites is 8. The second-order valence-corrected chi connectivity index (χ2v) is 29.5. The normalized spacial score (nSPS) is 11.7. The molecule has 0 atom stereocenters. The van der Waals surface area contributed by atoms with E-state index in [1.54, 1.807) is 0 Å². The van der Waals surface area contributed by atoms with Gasteiger partial charge >= 0.3 is 0 Å². The van der Waals surface area contributed by atoms with Crippen LogP contribution in [0.2, 0.25) is 0 Å². The fourth-order valence-electron chi connectivity index (χ4n) is 17.4. The number of fused-ring (bicyclic) bond motifs is 12. The molecule has 4 heterocycles. The van der Waals surface area contributed by atoms with Gasteiger partial charge in [-0.15, -0.1) is 0 Å². The summed E-state index contributed by atoms with van der Waals surface area (Å²) in [5, 5.41) is 9.44. The standard InChI is InChI=1S/C108H70N4O2/c1-3-17-83(18-4-1)109(87-59-45-73(46-60-87)75-49-63-89(64-50-75)111-101-29-11-7-21-93(101)99-69-81(53-67-103(99)111)77-33-37-79(38-34-77)91-25-15-27-97-95-23-9-13-31-105(95)113-107(91)97)85-55-41-71(42-56-85)72-43-57-86(58-44-72)110(84-19-5-2-6-20-84)88-61-47-74(48-62-88)76-51-65-90(66-52-76)112-102-30-12-8-22-94(102)100-70-82(54-68-104(100)112)78-35-39-80(40-36-78)92-26-16-28-98-96-24-10-14-32-106(96)114-108(92)98/h1-70H. The Balaban J connectivity index is 0.491. The Morgan fingerprint density at radius 1 is 0.167 bits per heavy atom. The van der Waals surface area contributed by atoms with Crippen molar-refractivity contribution in [2.24, 2.45) is 0 Å². The largest absolute Gasteiger partial charge is 0.455 e. The Bertz CT molecular complexity index is 6940. The van der Waals surface area contributed by atoms with E-state index in [4.69, 9.17) is 8.83 Å². The molecule has 0 unspecified atom stereocenters. The Hall–Kier alpha value is -15.2. The third-order valence-corrected chi connectivity index (χ3v) is 23.0. The molecular formula is C108H70N4O2. The monoisotopic (exact) mass is 1450 g/mol. The Morgan fingerprint density at radius 2 is 0.421 bits per heavy atom. The highest BCUT2D eigenvalue weighted by Gasteiger charge is 2.22. The number of benzene rings is 18. The van der Waals surface area contributed by atoms with Gasteiger partial charge in [-0.3, -0.25) is 0 Å². The smallest absolute Gasteiger partial charge is 0.143 e. The summed E-state index contributed by atoms with van der Waals surface area (Å²) in [4.78, 5) is 4.67. The van der Waals surface area contributed by atoms with Crippen molar-refractivity contribution in [1.29, 1.82) is 0 Å². The van der Waals surface area contributed by atoms with Gasteiger partial charge < -0.3 is 27.8 Å². The van der Waals surface area contributed by atoms with E-state index < -0.39 is 0 Å². The van der Waals surface area contributed by atoms with E-state index in [9.17, 15) is 0 Å². The lowest BCUT2D eigenvalue weighted by atomic mass is 9.98. The third-order valence-electron chi connectivity index (χ3n) is 23.0. The van der Waals surface area contributed by atoms with Crippen molar-refractivity contribution in [1.82, 2.24) is 9.13 Å². The summed E-state index contributed by atoms with van der Waals surface area (Å²) in [7, 11) is 0. The first kappa shape index (κ1) is 65.8. The van der Waals surface area contributed by atoms with E-state index in [-0.39, 0.29) is 0 Å². The quantitative estimate of drug-likeness (QED) is 0.103. The van der Waals surface area contributed by atoms with Crippen LogP contribution < -0.4 is 9.80 Å². The molecule has 0 saturated carbocycles. The lowest BCUT2D eigenvalue weighted by molar-refractivity contribution is 0.669. The van der Waals surface area contributed by atoms with Gasteiger partial charge in [0.05, 0.1) is 22.1 Å². The SMILES string of the molecule is c1ccc(N(c2ccc(-c3ccc(N(c4ccccc4)c4ccc(-c5ccc(-n6c7ccccc7c7cc(-c8ccc(-c9cccc%10c9oc9ccccc9%10)cc8)ccc76)cc5)cc4)cc3)cc2)c2ccc(-c3ccc(-n4c5ccccc5c5cc(-c6ccc(-c7cccc8c7oc7ccccc78)cc6)ccc54)cc3)cc2)cc1. The number of hydrogen-bond acceptors (Lipinski definition) is 4. The summed E-state index contributed by atoms with van der Waals surface area (Å²) >= 11 is 0. The molecule has 22 rings (SSSR count). The van der Waals surface area contributed by atoms with Gasteiger partial charge in [-0.2, -0.15) is 0 Å². The van der Waals surface area contributed by atoms with Crippen molar-refractivity contribution in [2.75, 3.05) is 9.80 Å². The lowest BCUT2D eigenvalue weighted by Crippen LogP contribution is -2.10. The molecule has 0 N–H and O–H groups in total. The Morgan fingerprint density at radius 3 is 0.781 bits per heavy atom. The molecule has 0 radical (unpaired) electrons. The molecule has 0 fully saturated rings. The van der Waals surface area contributed by atoms with Crippen molar-refractivity contribution >= 4 is 122 Å². The molecule has 6 nitrogen and oxygen atoms in total. The zero-order valence-corrected chi connectivity index (χ0v) is 62.0. The second kappa shape index (κ2) is 27.4. The molecule has 0 amide bonds. The van der Waals surface area contributed by atoms with Crippen LogP contribution in [0.4, 0.5) is 34.1 Å². The molecule has 0 spiro atoms. The molecule has 0 aliphatic heterocycles. The maximum Gasteiger partial charge on any atom is 0.143 e. The van der Waals surface area contributed by atoms with Crippen molar-refractivity contribution in [3.8, 4) is 89.3 Å². The number of hydrogen-bond donors (Lipinski definition) is 0. The van der Waals surface area contributed by atoms with Crippen LogP contribution >= 0.6 is 0 Å². The summed E-state index contributed by atoms with van der Waals surface area (Å²) in [6, 6.07) is 154. The predicted octanol–water partition coefficient (Wildman–Crippen LogP) is 30.3. The van der Waals surface area contributed by atoms with E-state index in [0.29, 0.717) is 0 Å². The number of rotatable bonds is 15. The number of aromatic nitrogens is 2. The molecule has 0 aliphatic rings. The van der Waals surface area contributed by atoms with E-state index in [0.717, 1.165) is 145 Å². The van der Waals surface area contributed by atoms with Crippen molar-refractivity contribution < 1.29 is 8.83 Å². The molecule has 22 aromatic rings. The van der Waals surface area contributed by atoms with Gasteiger partial charge in [0.1, 0.15) is 22.3 Å². The van der Waals surface area contributed by atoms with Gasteiger partial charge in [0.25, 0.3) is 0 Å². The number of anilines is 6. The van der Waals surface area contributed by atoms with Gasteiger partial charge in [-0.05, 0) is 212 Å². The van der Waals surface area contributed by atoms with Crippen LogP contribution in [-0.4, -0.2) is 9.13 Å². The van der Waals surface area contributed by atoms with E-state index in [2.05, 4.69) is 419 Å².